The van der Waals surface area contributed by atoms with Crippen molar-refractivity contribution in [2.24, 2.45) is 0 Å². The number of halogens is 1. The molecule has 2 nitrogen and oxygen atoms in total. The Balaban J connectivity index is 2.73. The zero-order valence-corrected chi connectivity index (χ0v) is 12.9. The largest absolute Gasteiger partial charge is 0.396 e. The molecule has 1 aromatic rings. The first-order valence-corrected chi connectivity index (χ1v) is 7.56. The Morgan fingerprint density at radius 3 is 2.67 bits per heavy atom. The van der Waals surface area contributed by atoms with Gasteiger partial charge in [-0.2, -0.15) is 0 Å². The van der Waals surface area contributed by atoms with Gasteiger partial charge in [0.15, 0.2) is 0 Å². The van der Waals surface area contributed by atoms with Gasteiger partial charge in [0.25, 0.3) is 0 Å². The van der Waals surface area contributed by atoms with Crippen LogP contribution in [0.4, 0.5) is 0 Å². The van der Waals surface area contributed by atoms with Crippen molar-refractivity contribution in [3.05, 3.63) is 28.8 Å². The van der Waals surface area contributed by atoms with Gasteiger partial charge >= 0.3 is 0 Å². The Bertz CT molecular complexity index is 377. The molecule has 0 aliphatic carbocycles. The van der Waals surface area contributed by atoms with Crippen LogP contribution < -0.4 is 5.32 Å². The van der Waals surface area contributed by atoms with Gasteiger partial charge in [0.1, 0.15) is 0 Å². The number of aliphatic hydroxyl groups excluding tert-OH is 1. The van der Waals surface area contributed by atoms with E-state index in [1.54, 1.807) is 11.8 Å². The van der Waals surface area contributed by atoms with Crippen LogP contribution in [-0.2, 0) is 6.54 Å². The van der Waals surface area contributed by atoms with Crippen LogP contribution in [0.5, 0.6) is 0 Å². The standard InChI is InChI=1S/C14H22ClNOS/c1-14(2,3)16-10-11-6-4-7-12(15)13(11)18-9-5-8-17/h4,6-7,16-17H,5,8-10H2,1-3H3. The molecule has 0 aliphatic heterocycles. The summed E-state index contributed by atoms with van der Waals surface area (Å²) in [6, 6.07) is 6.01. The second-order valence-electron chi connectivity index (χ2n) is 5.26. The molecule has 0 unspecified atom stereocenters. The summed E-state index contributed by atoms with van der Waals surface area (Å²) in [4.78, 5) is 1.13. The molecule has 0 aliphatic rings. The summed E-state index contributed by atoms with van der Waals surface area (Å²) >= 11 is 7.96. The first-order chi connectivity index (χ1) is 8.44. The highest BCUT2D eigenvalue weighted by Crippen LogP contribution is 2.31. The molecule has 0 radical (unpaired) electrons. The SMILES string of the molecule is CC(C)(C)NCc1cccc(Cl)c1SCCCO. The molecule has 0 atom stereocenters. The maximum Gasteiger partial charge on any atom is 0.0545 e. The summed E-state index contributed by atoms with van der Waals surface area (Å²) in [5.74, 6) is 0.892. The van der Waals surface area contributed by atoms with Gasteiger partial charge < -0.3 is 10.4 Å². The summed E-state index contributed by atoms with van der Waals surface area (Å²) in [5, 5.41) is 13.1. The first-order valence-electron chi connectivity index (χ1n) is 6.20. The Morgan fingerprint density at radius 2 is 2.06 bits per heavy atom. The highest BCUT2D eigenvalue weighted by atomic mass is 35.5. The predicted molar refractivity (Wildman–Crippen MR) is 80.5 cm³/mol. The fraction of sp³-hybridized carbons (Fsp3) is 0.571. The Kier molecular flexibility index (Phi) is 6.50. The molecule has 4 heteroatoms. The molecule has 0 aromatic heterocycles. The van der Waals surface area contributed by atoms with Crippen LogP contribution in [0, 0.1) is 0 Å². The van der Waals surface area contributed by atoms with E-state index in [1.807, 2.05) is 12.1 Å². The minimum atomic E-state index is 0.0926. The van der Waals surface area contributed by atoms with Crippen LogP contribution in [0.2, 0.25) is 5.02 Å². The van der Waals surface area contributed by atoms with Crippen molar-refractivity contribution >= 4 is 23.4 Å². The zero-order valence-electron chi connectivity index (χ0n) is 11.3. The van der Waals surface area contributed by atoms with Gasteiger partial charge in [-0.3, -0.25) is 0 Å². The molecular weight excluding hydrogens is 266 g/mol. The summed E-state index contributed by atoms with van der Waals surface area (Å²) in [6.07, 6.45) is 0.794. The summed E-state index contributed by atoms with van der Waals surface area (Å²) in [5.41, 5.74) is 1.32. The first kappa shape index (κ1) is 15.8. The van der Waals surface area contributed by atoms with Gasteiger partial charge in [-0.05, 0) is 38.8 Å². The summed E-state index contributed by atoms with van der Waals surface area (Å²) < 4.78 is 0. The van der Waals surface area contributed by atoms with Crippen LogP contribution in [0.3, 0.4) is 0 Å². The van der Waals surface area contributed by atoms with E-state index in [1.165, 1.54) is 5.56 Å². The fourth-order valence-electron chi connectivity index (χ4n) is 1.45. The van der Waals surface area contributed by atoms with E-state index in [2.05, 4.69) is 32.2 Å². The Hall–Kier alpha value is -0.220. The van der Waals surface area contributed by atoms with Crippen LogP contribution >= 0.6 is 23.4 Å². The summed E-state index contributed by atoms with van der Waals surface area (Å²) in [7, 11) is 0. The zero-order chi connectivity index (χ0) is 13.6. The van der Waals surface area contributed by atoms with Crippen molar-refractivity contribution in [3.63, 3.8) is 0 Å². The predicted octanol–water partition coefficient (Wildman–Crippen LogP) is 3.70. The van der Waals surface area contributed by atoms with E-state index < -0.39 is 0 Å². The lowest BCUT2D eigenvalue weighted by molar-refractivity contribution is 0.296. The molecule has 2 N–H and O–H groups in total. The highest BCUT2D eigenvalue weighted by molar-refractivity contribution is 7.99. The van der Waals surface area contributed by atoms with Gasteiger partial charge in [-0.25, -0.2) is 0 Å². The van der Waals surface area contributed by atoms with Crippen LogP contribution in [0.25, 0.3) is 0 Å². The van der Waals surface area contributed by atoms with E-state index in [4.69, 9.17) is 16.7 Å². The van der Waals surface area contributed by atoms with Crippen LogP contribution in [0.15, 0.2) is 23.1 Å². The van der Waals surface area contributed by atoms with Crippen molar-refractivity contribution in [1.29, 1.82) is 0 Å². The second kappa shape index (κ2) is 7.39. The van der Waals surface area contributed by atoms with E-state index in [0.717, 1.165) is 28.6 Å². The van der Waals surface area contributed by atoms with Crippen LogP contribution in [-0.4, -0.2) is 23.0 Å². The molecule has 0 amide bonds. The maximum absolute atomic E-state index is 8.83. The molecule has 1 rings (SSSR count). The van der Waals surface area contributed by atoms with Crippen molar-refractivity contribution < 1.29 is 5.11 Å². The molecule has 0 spiro atoms. The third-order valence-electron chi connectivity index (χ3n) is 2.41. The number of nitrogens with one attached hydrogen (secondary N) is 1. The van der Waals surface area contributed by atoms with Gasteiger partial charge in [-0.15, -0.1) is 11.8 Å². The average Bonchev–Trinajstić information content (AvgIpc) is 2.28. The van der Waals surface area contributed by atoms with Crippen molar-refractivity contribution in [3.8, 4) is 0 Å². The van der Waals surface area contributed by atoms with E-state index in [0.29, 0.717) is 0 Å². The lowest BCUT2D eigenvalue weighted by Gasteiger charge is -2.22. The van der Waals surface area contributed by atoms with Crippen molar-refractivity contribution in [2.75, 3.05) is 12.4 Å². The monoisotopic (exact) mass is 287 g/mol. The molecule has 102 valence electrons. The van der Waals surface area contributed by atoms with Crippen molar-refractivity contribution in [2.45, 2.75) is 44.2 Å². The highest BCUT2D eigenvalue weighted by Gasteiger charge is 2.12. The average molecular weight is 288 g/mol. The number of aliphatic hydroxyl groups is 1. The van der Waals surface area contributed by atoms with Gasteiger partial charge in [-0.1, -0.05) is 23.7 Å². The molecule has 0 saturated carbocycles. The number of benzene rings is 1. The topological polar surface area (TPSA) is 32.3 Å². The molecular formula is C14H22ClNOS. The minimum absolute atomic E-state index is 0.0926. The second-order valence-corrected chi connectivity index (χ2v) is 6.77. The fourth-order valence-corrected chi connectivity index (χ4v) is 2.82. The van der Waals surface area contributed by atoms with Crippen molar-refractivity contribution in [1.82, 2.24) is 5.32 Å². The number of rotatable bonds is 6. The molecule has 0 fully saturated rings. The quantitative estimate of drug-likeness (QED) is 0.618. The van der Waals surface area contributed by atoms with E-state index >= 15 is 0 Å². The van der Waals surface area contributed by atoms with Gasteiger partial charge in [0, 0.05) is 29.3 Å². The van der Waals surface area contributed by atoms with E-state index in [9.17, 15) is 0 Å². The number of hydrogen-bond acceptors (Lipinski definition) is 3. The Labute approximate surface area is 119 Å². The molecule has 0 bridgehead atoms. The van der Waals surface area contributed by atoms with Gasteiger partial charge in [0.2, 0.25) is 0 Å². The van der Waals surface area contributed by atoms with E-state index in [-0.39, 0.29) is 12.1 Å². The minimum Gasteiger partial charge on any atom is -0.396 e. The third-order valence-corrected chi connectivity index (χ3v) is 4.10. The normalized spacial score (nSPS) is 11.8. The number of thioether (sulfide) groups is 1. The lowest BCUT2D eigenvalue weighted by Crippen LogP contribution is -2.35. The molecule has 0 saturated heterocycles. The van der Waals surface area contributed by atoms with Crippen LogP contribution in [0.1, 0.15) is 32.8 Å². The lowest BCUT2D eigenvalue weighted by atomic mass is 10.1. The molecule has 18 heavy (non-hydrogen) atoms. The smallest absolute Gasteiger partial charge is 0.0545 e. The molecule has 1 aromatic carbocycles. The third kappa shape index (κ3) is 5.61. The molecule has 0 heterocycles. The maximum atomic E-state index is 8.83. The van der Waals surface area contributed by atoms with Gasteiger partial charge in [0.05, 0.1) is 5.02 Å². The Morgan fingerprint density at radius 1 is 1.33 bits per heavy atom. The number of hydrogen-bond donors (Lipinski definition) is 2. The summed E-state index contributed by atoms with van der Waals surface area (Å²) in [6.45, 7) is 7.49.